The molecule has 0 aromatic carbocycles. The predicted molar refractivity (Wildman–Crippen MR) is 73.4 cm³/mol. The number of hydrogen-bond donors (Lipinski definition) is 1. The van der Waals surface area contributed by atoms with Crippen molar-refractivity contribution in [2.45, 2.75) is 20.8 Å². The molecule has 0 aliphatic heterocycles. The Hall–Kier alpha value is -0.120. The van der Waals surface area contributed by atoms with Crippen LogP contribution in [0.1, 0.15) is 25.6 Å². The van der Waals surface area contributed by atoms with Gasteiger partial charge in [-0.1, -0.05) is 26.3 Å². The van der Waals surface area contributed by atoms with Crippen LogP contribution in [-0.2, 0) is 0 Å². The maximum absolute atomic E-state index is 3.48. The number of hydrogen-bond acceptors (Lipinski definition) is 2. The normalized spacial score (nSPS) is 12.5. The summed E-state index contributed by atoms with van der Waals surface area (Å²) >= 11 is 5.25. The molecule has 0 saturated carbocycles. The summed E-state index contributed by atoms with van der Waals surface area (Å²) in [5.74, 6) is 0.602. The molecule has 1 heterocycles. The Labute approximate surface area is 105 Å². The molecule has 0 spiro atoms. The van der Waals surface area contributed by atoms with Gasteiger partial charge in [0.15, 0.2) is 0 Å². The largest absolute Gasteiger partial charge is 0.313 e. The highest BCUT2D eigenvalue weighted by molar-refractivity contribution is 9.10. The van der Waals surface area contributed by atoms with Crippen LogP contribution in [0.25, 0.3) is 6.08 Å². The van der Waals surface area contributed by atoms with Gasteiger partial charge in [-0.2, -0.15) is 0 Å². The Morgan fingerprint density at radius 3 is 2.80 bits per heavy atom. The minimum Gasteiger partial charge on any atom is -0.313 e. The summed E-state index contributed by atoms with van der Waals surface area (Å²) in [6.07, 6.45) is 2.29. The highest BCUT2D eigenvalue weighted by atomic mass is 79.9. The van der Waals surface area contributed by atoms with Crippen LogP contribution < -0.4 is 5.32 Å². The van der Waals surface area contributed by atoms with Gasteiger partial charge in [0.05, 0.1) is 0 Å². The van der Waals surface area contributed by atoms with Crippen LogP contribution in [0.4, 0.5) is 0 Å². The molecule has 0 aliphatic carbocycles. The zero-order valence-corrected chi connectivity index (χ0v) is 11.9. The van der Waals surface area contributed by atoms with Crippen LogP contribution in [-0.4, -0.2) is 13.1 Å². The lowest BCUT2D eigenvalue weighted by atomic mass is 10.0. The molecule has 1 nitrogen and oxygen atoms in total. The fourth-order valence-corrected chi connectivity index (χ4v) is 2.69. The SMILES string of the molecule is CCNCC(=Cc1cc(Br)cs1)C(C)C. The first-order valence-electron chi connectivity index (χ1n) is 5.28. The molecule has 1 N–H and O–H groups in total. The molecular formula is C12H18BrNS. The summed E-state index contributed by atoms with van der Waals surface area (Å²) in [4.78, 5) is 1.32. The molecule has 0 unspecified atom stereocenters. The lowest BCUT2D eigenvalue weighted by molar-refractivity contribution is 0.683. The molecule has 1 aromatic rings. The van der Waals surface area contributed by atoms with Gasteiger partial charge in [0.1, 0.15) is 0 Å². The van der Waals surface area contributed by atoms with Crippen molar-refractivity contribution < 1.29 is 0 Å². The molecule has 1 rings (SSSR count). The van der Waals surface area contributed by atoms with E-state index in [4.69, 9.17) is 0 Å². The molecule has 3 heteroatoms. The highest BCUT2D eigenvalue weighted by Crippen LogP contribution is 2.23. The summed E-state index contributed by atoms with van der Waals surface area (Å²) in [6.45, 7) is 8.64. The minimum atomic E-state index is 0.602. The van der Waals surface area contributed by atoms with Crippen LogP contribution in [0.2, 0.25) is 0 Å². The van der Waals surface area contributed by atoms with Crippen LogP contribution in [0.15, 0.2) is 21.5 Å². The van der Waals surface area contributed by atoms with Crippen molar-refractivity contribution in [1.29, 1.82) is 0 Å². The van der Waals surface area contributed by atoms with Gasteiger partial charge in [-0.05, 0) is 40.5 Å². The molecule has 0 saturated heterocycles. The average Bonchev–Trinajstić information content (AvgIpc) is 2.58. The van der Waals surface area contributed by atoms with E-state index in [2.05, 4.69) is 59.5 Å². The lowest BCUT2D eigenvalue weighted by Gasteiger charge is -2.11. The predicted octanol–water partition coefficient (Wildman–Crippen LogP) is 4.16. The standard InChI is InChI=1S/C12H18BrNS/c1-4-14-7-10(9(2)3)5-12-6-11(13)8-15-12/h5-6,8-9,14H,4,7H2,1-3H3. The molecule has 0 fully saturated rings. The maximum Gasteiger partial charge on any atom is 0.0288 e. The number of rotatable bonds is 5. The number of likely N-dealkylation sites (N-methyl/N-ethyl adjacent to an activating group) is 1. The highest BCUT2D eigenvalue weighted by Gasteiger charge is 2.03. The second-order valence-electron chi connectivity index (χ2n) is 3.82. The summed E-state index contributed by atoms with van der Waals surface area (Å²) in [7, 11) is 0. The van der Waals surface area contributed by atoms with E-state index in [9.17, 15) is 0 Å². The van der Waals surface area contributed by atoms with E-state index in [0.717, 1.165) is 13.1 Å². The molecular weight excluding hydrogens is 270 g/mol. The van der Waals surface area contributed by atoms with Crippen LogP contribution >= 0.6 is 27.3 Å². The summed E-state index contributed by atoms with van der Waals surface area (Å²) in [6, 6.07) is 2.17. The number of thiophene rings is 1. The Morgan fingerprint density at radius 2 is 2.33 bits per heavy atom. The Balaban J connectivity index is 2.74. The summed E-state index contributed by atoms with van der Waals surface area (Å²) < 4.78 is 1.17. The van der Waals surface area contributed by atoms with E-state index in [0.29, 0.717) is 5.92 Å². The van der Waals surface area contributed by atoms with Crippen molar-refractivity contribution in [3.05, 3.63) is 26.4 Å². The third-order valence-electron chi connectivity index (χ3n) is 2.24. The third-order valence-corrected chi connectivity index (χ3v) is 3.88. The Morgan fingerprint density at radius 1 is 1.60 bits per heavy atom. The minimum absolute atomic E-state index is 0.602. The monoisotopic (exact) mass is 287 g/mol. The topological polar surface area (TPSA) is 12.0 Å². The van der Waals surface area contributed by atoms with Crippen molar-refractivity contribution in [2.75, 3.05) is 13.1 Å². The molecule has 0 bridgehead atoms. The molecule has 84 valence electrons. The molecule has 0 radical (unpaired) electrons. The van der Waals surface area contributed by atoms with E-state index in [1.807, 2.05) is 0 Å². The van der Waals surface area contributed by atoms with Gasteiger partial charge < -0.3 is 5.32 Å². The van der Waals surface area contributed by atoms with E-state index in [1.54, 1.807) is 11.3 Å². The van der Waals surface area contributed by atoms with Gasteiger partial charge in [-0.3, -0.25) is 0 Å². The molecule has 0 aliphatic rings. The van der Waals surface area contributed by atoms with Gasteiger partial charge >= 0.3 is 0 Å². The molecule has 0 amide bonds. The van der Waals surface area contributed by atoms with E-state index >= 15 is 0 Å². The second kappa shape index (κ2) is 6.46. The van der Waals surface area contributed by atoms with Gasteiger partial charge in [-0.15, -0.1) is 11.3 Å². The van der Waals surface area contributed by atoms with Gasteiger partial charge in [0, 0.05) is 21.3 Å². The van der Waals surface area contributed by atoms with E-state index in [1.165, 1.54) is 14.9 Å². The van der Waals surface area contributed by atoms with Gasteiger partial charge in [0.25, 0.3) is 0 Å². The van der Waals surface area contributed by atoms with Gasteiger partial charge in [-0.25, -0.2) is 0 Å². The van der Waals surface area contributed by atoms with Crippen molar-refractivity contribution in [3.8, 4) is 0 Å². The smallest absolute Gasteiger partial charge is 0.0288 e. The van der Waals surface area contributed by atoms with E-state index < -0.39 is 0 Å². The number of halogens is 1. The number of nitrogens with one attached hydrogen (secondary N) is 1. The van der Waals surface area contributed by atoms with Crippen LogP contribution in [0.5, 0.6) is 0 Å². The molecule has 15 heavy (non-hydrogen) atoms. The molecule has 0 atom stereocenters. The third kappa shape index (κ3) is 4.49. The maximum atomic E-state index is 3.48. The Bertz CT molecular complexity index is 328. The Kier molecular flexibility index (Phi) is 5.58. The van der Waals surface area contributed by atoms with Crippen molar-refractivity contribution in [2.24, 2.45) is 5.92 Å². The first-order chi connectivity index (χ1) is 7.13. The molecule has 1 aromatic heterocycles. The van der Waals surface area contributed by atoms with Gasteiger partial charge in [0.2, 0.25) is 0 Å². The lowest BCUT2D eigenvalue weighted by Crippen LogP contribution is -2.18. The second-order valence-corrected chi connectivity index (χ2v) is 5.68. The summed E-state index contributed by atoms with van der Waals surface area (Å²) in [5, 5.41) is 5.50. The fraction of sp³-hybridized carbons (Fsp3) is 0.500. The van der Waals surface area contributed by atoms with E-state index in [-0.39, 0.29) is 0 Å². The summed E-state index contributed by atoms with van der Waals surface area (Å²) in [5.41, 5.74) is 1.46. The van der Waals surface area contributed by atoms with Crippen molar-refractivity contribution in [3.63, 3.8) is 0 Å². The van der Waals surface area contributed by atoms with Crippen LogP contribution in [0, 0.1) is 5.92 Å². The fourth-order valence-electron chi connectivity index (χ4n) is 1.28. The first-order valence-corrected chi connectivity index (χ1v) is 6.96. The zero-order chi connectivity index (χ0) is 11.3. The zero-order valence-electron chi connectivity index (χ0n) is 9.51. The van der Waals surface area contributed by atoms with Crippen LogP contribution in [0.3, 0.4) is 0 Å². The van der Waals surface area contributed by atoms with Crippen molar-refractivity contribution >= 4 is 33.3 Å². The first kappa shape index (κ1) is 12.9. The average molecular weight is 288 g/mol. The van der Waals surface area contributed by atoms with Crippen molar-refractivity contribution in [1.82, 2.24) is 5.32 Å². The quantitative estimate of drug-likeness (QED) is 0.858.